The van der Waals surface area contributed by atoms with E-state index in [1.807, 2.05) is 0 Å². The summed E-state index contributed by atoms with van der Waals surface area (Å²) in [5.41, 5.74) is 7.23. The van der Waals surface area contributed by atoms with Crippen LogP contribution in [0.15, 0.2) is 54.6 Å². The van der Waals surface area contributed by atoms with Gasteiger partial charge in [-0.1, -0.05) is 107 Å². The zero-order chi connectivity index (χ0) is 22.3. The van der Waals surface area contributed by atoms with Crippen molar-refractivity contribution in [3.63, 3.8) is 0 Å². The Morgan fingerprint density at radius 1 is 0.735 bits per heavy atom. The number of benzene rings is 2. The molecule has 1 amide bonds. The van der Waals surface area contributed by atoms with E-state index in [2.05, 4.69) is 67.7 Å². The van der Waals surface area contributed by atoms with Gasteiger partial charge in [-0.25, -0.2) is 0 Å². The third kappa shape index (κ3) is 12.9. The topological polar surface area (TPSA) is 40.9 Å². The molecule has 4 rings (SSSR count). The minimum atomic E-state index is -0.327. The number of fused-ring (bicyclic) bond motifs is 3. The molecule has 3 aromatic rings. The van der Waals surface area contributed by atoms with Gasteiger partial charge in [0, 0.05) is 15.4 Å². The van der Waals surface area contributed by atoms with Gasteiger partial charge in [0.25, 0.3) is 0 Å². The SMILES string of the molecule is C[Si]C.[Cl-].[Cl-].[Hf+4].[NH-]C(=O)C1CCCCCCCCCCC1.c1ccc2c(c1)[cH-]c1ccccc12. The molecule has 1 aliphatic rings. The van der Waals surface area contributed by atoms with E-state index in [1.165, 1.54) is 66.5 Å². The van der Waals surface area contributed by atoms with Crippen molar-refractivity contribution in [2.24, 2.45) is 5.92 Å². The van der Waals surface area contributed by atoms with Crippen LogP contribution in [0.1, 0.15) is 70.6 Å². The Kier molecular flexibility index (Phi) is 22.7. The van der Waals surface area contributed by atoms with Crippen molar-refractivity contribution in [1.82, 2.24) is 0 Å². The summed E-state index contributed by atoms with van der Waals surface area (Å²) in [7, 11) is 1.08. The number of rotatable bonds is 1. The van der Waals surface area contributed by atoms with Crippen LogP contribution >= 0.6 is 0 Å². The fourth-order valence-electron chi connectivity index (χ4n) is 4.33. The molecule has 1 N–H and O–H groups in total. The Balaban J connectivity index is 0. The van der Waals surface area contributed by atoms with Gasteiger partial charge in [0.15, 0.2) is 0 Å². The number of amides is 1. The number of carbonyl (C=O) groups is 1. The summed E-state index contributed by atoms with van der Waals surface area (Å²) in [6, 6.07) is 19.3. The minimum Gasteiger partial charge on any atom is -1.00 e. The second kappa shape index (κ2) is 21.7. The van der Waals surface area contributed by atoms with Crippen LogP contribution in [0.3, 0.4) is 0 Å². The van der Waals surface area contributed by atoms with E-state index >= 15 is 0 Å². The van der Waals surface area contributed by atoms with Gasteiger partial charge < -0.3 is 35.3 Å². The Morgan fingerprint density at radius 3 is 1.41 bits per heavy atom. The van der Waals surface area contributed by atoms with Crippen LogP contribution in [-0.2, 0) is 30.6 Å². The van der Waals surface area contributed by atoms with Gasteiger partial charge in [0.1, 0.15) is 0 Å². The molecule has 0 heterocycles. The maximum absolute atomic E-state index is 11.1. The van der Waals surface area contributed by atoms with Crippen LogP contribution in [0.25, 0.3) is 27.3 Å². The van der Waals surface area contributed by atoms with E-state index in [9.17, 15) is 4.79 Å². The largest absolute Gasteiger partial charge is 4.00 e. The predicted octanol–water partition coefficient (Wildman–Crippen LogP) is 2.99. The second-order valence-electron chi connectivity index (χ2n) is 8.64. The summed E-state index contributed by atoms with van der Waals surface area (Å²) in [5, 5.41) is 5.39. The average Bonchev–Trinajstić information content (AvgIpc) is 3.14. The molecule has 184 valence electrons. The molecule has 0 saturated heterocycles. The molecule has 0 aliphatic heterocycles. The van der Waals surface area contributed by atoms with Crippen molar-refractivity contribution in [3.8, 4) is 0 Å². The quantitative estimate of drug-likeness (QED) is 0.288. The summed E-state index contributed by atoms with van der Waals surface area (Å²) in [6.07, 6.45) is 13.5. The first kappa shape index (κ1) is 35.6. The molecule has 2 nitrogen and oxygen atoms in total. The van der Waals surface area contributed by atoms with Gasteiger partial charge in [-0.2, -0.15) is 0 Å². The molecule has 3 aromatic carbocycles. The van der Waals surface area contributed by atoms with E-state index in [4.69, 9.17) is 5.73 Å². The Morgan fingerprint density at radius 2 is 1.06 bits per heavy atom. The fourth-order valence-corrected chi connectivity index (χ4v) is 4.33. The first-order valence-electron chi connectivity index (χ1n) is 12.0. The zero-order valence-electron chi connectivity index (χ0n) is 20.7. The van der Waals surface area contributed by atoms with Gasteiger partial charge in [-0.05, 0) is 12.8 Å². The van der Waals surface area contributed by atoms with Crippen molar-refractivity contribution in [1.29, 1.82) is 0 Å². The Hall–Kier alpha value is -0.553. The normalized spacial score (nSPS) is 14.8. The van der Waals surface area contributed by atoms with E-state index < -0.39 is 0 Å². The molecule has 1 aliphatic carbocycles. The minimum absolute atomic E-state index is 0. The number of hydrogen-bond acceptors (Lipinski definition) is 1. The van der Waals surface area contributed by atoms with Gasteiger partial charge in [0.05, 0.1) is 5.91 Å². The molecule has 0 bridgehead atoms. The number of hydrogen-bond donors (Lipinski definition) is 0. The summed E-state index contributed by atoms with van der Waals surface area (Å²) in [4.78, 5) is 11.1. The van der Waals surface area contributed by atoms with Crippen molar-refractivity contribution in [3.05, 3.63) is 60.3 Å². The molecule has 1 fully saturated rings. The zero-order valence-corrected chi connectivity index (χ0v) is 26.8. The summed E-state index contributed by atoms with van der Waals surface area (Å²) < 4.78 is 0. The van der Waals surface area contributed by atoms with Gasteiger partial charge in [-0.3, -0.25) is 0 Å². The van der Waals surface area contributed by atoms with Gasteiger partial charge in [0.2, 0.25) is 0 Å². The van der Waals surface area contributed by atoms with Crippen LogP contribution in [-0.4, -0.2) is 15.4 Å². The Labute approximate surface area is 241 Å². The van der Waals surface area contributed by atoms with Gasteiger partial charge in [-0.15, -0.1) is 39.7 Å². The molecule has 0 aromatic heterocycles. The summed E-state index contributed by atoms with van der Waals surface area (Å²) in [6.45, 7) is 4.31. The average molecular weight is 683 g/mol. The molecular formula is C28H39Cl2HfNOSi. The van der Waals surface area contributed by atoms with Crippen LogP contribution in [0.5, 0.6) is 0 Å². The second-order valence-corrected chi connectivity index (χ2v) is 9.64. The van der Waals surface area contributed by atoms with Crippen LogP contribution < -0.4 is 24.8 Å². The standard InChI is InChI=1S/C13H25NO.C13H9.C2H6Si.2ClH.Hf/c14-13(15)12-10-8-6-4-2-1-3-5-7-9-11-12;1-3-7-12-10(5-1)9-11-6-2-4-8-13(11)12;1-3-2;;;/h12H,1-11H2,(H2,14,15);1-9H;1-2H3;2*1H;/q;-1;;;;+4/p-3. The van der Waals surface area contributed by atoms with E-state index in [0.717, 1.165) is 35.2 Å². The molecule has 2 radical (unpaired) electrons. The van der Waals surface area contributed by atoms with Crippen molar-refractivity contribution < 1.29 is 55.5 Å². The van der Waals surface area contributed by atoms with E-state index in [-0.39, 0.29) is 62.5 Å². The van der Waals surface area contributed by atoms with E-state index in [1.54, 1.807) is 0 Å². The first-order chi connectivity index (χ1) is 15.2. The predicted molar refractivity (Wildman–Crippen MR) is 138 cm³/mol. The van der Waals surface area contributed by atoms with Crippen molar-refractivity contribution in [2.45, 2.75) is 83.7 Å². The number of carbonyl (C=O) groups excluding carboxylic acids is 1. The molecule has 6 heteroatoms. The third-order valence-corrected chi connectivity index (χ3v) is 6.00. The number of nitrogens with one attached hydrogen (secondary N) is 1. The maximum Gasteiger partial charge on any atom is 4.00 e. The molecule has 1 saturated carbocycles. The number of halogens is 2. The molecule has 34 heavy (non-hydrogen) atoms. The Bertz CT molecular complexity index is 840. The van der Waals surface area contributed by atoms with Crippen molar-refractivity contribution >= 4 is 37.0 Å². The van der Waals surface area contributed by atoms with Crippen molar-refractivity contribution in [2.75, 3.05) is 0 Å². The van der Waals surface area contributed by atoms with Gasteiger partial charge >= 0.3 is 25.8 Å². The molecule has 0 unspecified atom stereocenters. The molecule has 0 atom stereocenters. The monoisotopic (exact) mass is 683 g/mol. The first-order valence-corrected chi connectivity index (χ1v) is 14.0. The molecular weight excluding hydrogens is 644 g/mol. The smallest absolute Gasteiger partial charge is 1.00 e. The van der Waals surface area contributed by atoms with Crippen LogP contribution in [0.4, 0.5) is 0 Å². The summed E-state index contributed by atoms with van der Waals surface area (Å²) >= 11 is 0. The maximum atomic E-state index is 11.1. The fraction of sp³-hybridized carbons (Fsp3) is 0.500. The molecule has 0 spiro atoms. The van der Waals surface area contributed by atoms with E-state index in [0.29, 0.717) is 0 Å². The third-order valence-electron chi connectivity index (χ3n) is 6.00. The summed E-state index contributed by atoms with van der Waals surface area (Å²) in [5.74, 6) is -0.281. The van der Waals surface area contributed by atoms with Crippen LogP contribution in [0.2, 0.25) is 13.1 Å². The van der Waals surface area contributed by atoms with Crippen LogP contribution in [0, 0.1) is 5.92 Å².